The second-order valence-electron chi connectivity index (χ2n) is 5.28. The Kier molecular flexibility index (Phi) is 5.21. The van der Waals surface area contributed by atoms with E-state index in [-0.39, 0.29) is 5.56 Å². The molecule has 0 aliphatic heterocycles. The molecular weight excluding hydrogens is 300 g/mol. The minimum Gasteiger partial charge on any atom is -0.344 e. The van der Waals surface area contributed by atoms with Crippen LogP contribution in [-0.2, 0) is 4.79 Å². The fraction of sp³-hybridized carbons (Fsp3) is 0.222. The van der Waals surface area contributed by atoms with Crippen LogP contribution < -0.4 is 5.32 Å². The fourth-order valence-electron chi connectivity index (χ4n) is 2.14. The van der Waals surface area contributed by atoms with Crippen LogP contribution >= 0.6 is 0 Å². The first-order valence-electron chi connectivity index (χ1n) is 7.22. The second-order valence-corrected chi connectivity index (χ2v) is 5.28. The van der Waals surface area contributed by atoms with E-state index < -0.39 is 30.1 Å². The molecule has 0 unspecified atom stereocenters. The van der Waals surface area contributed by atoms with Gasteiger partial charge >= 0.3 is 5.92 Å². The molecule has 2 aromatic rings. The Balaban J connectivity index is 2.01. The first-order valence-corrected chi connectivity index (χ1v) is 7.22. The van der Waals surface area contributed by atoms with Gasteiger partial charge in [-0.05, 0) is 12.5 Å². The van der Waals surface area contributed by atoms with E-state index in [4.69, 9.17) is 0 Å². The van der Waals surface area contributed by atoms with Gasteiger partial charge in [0.2, 0.25) is 0 Å². The number of hydrogen-bond acceptors (Lipinski definition) is 2. The summed E-state index contributed by atoms with van der Waals surface area (Å²) >= 11 is 0. The minimum absolute atomic E-state index is 0.163. The van der Waals surface area contributed by atoms with E-state index in [0.29, 0.717) is 5.56 Å². The number of halogens is 2. The van der Waals surface area contributed by atoms with Crippen LogP contribution in [0.4, 0.5) is 8.78 Å². The molecule has 3 nitrogen and oxygen atoms in total. The van der Waals surface area contributed by atoms with E-state index in [1.165, 1.54) is 12.1 Å². The van der Waals surface area contributed by atoms with Gasteiger partial charge in [0.15, 0.2) is 5.78 Å². The van der Waals surface area contributed by atoms with Gasteiger partial charge in [-0.1, -0.05) is 60.7 Å². The maximum Gasteiger partial charge on any atom is 0.331 e. The van der Waals surface area contributed by atoms with Gasteiger partial charge in [-0.25, -0.2) is 0 Å². The average Bonchev–Trinajstić information content (AvgIpc) is 2.56. The van der Waals surface area contributed by atoms with E-state index in [2.05, 4.69) is 5.32 Å². The summed E-state index contributed by atoms with van der Waals surface area (Å²) in [5.74, 6) is -5.97. The summed E-state index contributed by atoms with van der Waals surface area (Å²) < 4.78 is 28.0. The number of alkyl halides is 2. The standard InChI is InChI=1S/C18H17F2NO2/c1-13(14-8-4-2-5-9-14)21-17(23)18(19,20)12-16(22)15-10-6-3-7-11-15/h2-11,13H,12H2,1H3,(H,21,23)/t13-/m0/s1. The molecule has 23 heavy (non-hydrogen) atoms. The van der Waals surface area contributed by atoms with Gasteiger partial charge in [-0.3, -0.25) is 9.59 Å². The quantitative estimate of drug-likeness (QED) is 0.824. The van der Waals surface area contributed by atoms with Crippen molar-refractivity contribution in [2.75, 3.05) is 0 Å². The summed E-state index contributed by atoms with van der Waals surface area (Å²) in [6, 6.07) is 16.0. The average molecular weight is 317 g/mol. The van der Waals surface area contributed by atoms with Crippen molar-refractivity contribution in [2.24, 2.45) is 0 Å². The third-order valence-corrected chi connectivity index (χ3v) is 3.46. The third-order valence-electron chi connectivity index (χ3n) is 3.46. The molecule has 0 aliphatic carbocycles. The van der Waals surface area contributed by atoms with E-state index in [1.54, 1.807) is 55.5 Å². The first kappa shape index (κ1) is 16.8. The second kappa shape index (κ2) is 7.13. The number of amides is 1. The Labute approximate surface area is 133 Å². The molecule has 1 N–H and O–H groups in total. The van der Waals surface area contributed by atoms with Crippen LogP contribution in [-0.4, -0.2) is 17.6 Å². The van der Waals surface area contributed by atoms with Crippen molar-refractivity contribution in [2.45, 2.75) is 25.3 Å². The van der Waals surface area contributed by atoms with E-state index in [0.717, 1.165) is 0 Å². The third kappa shape index (κ3) is 4.45. The number of carbonyl (C=O) groups is 2. The molecule has 0 bridgehead atoms. The lowest BCUT2D eigenvalue weighted by Crippen LogP contribution is -2.42. The normalized spacial score (nSPS) is 12.5. The van der Waals surface area contributed by atoms with E-state index >= 15 is 0 Å². The SMILES string of the molecule is C[C@H](NC(=O)C(F)(F)CC(=O)c1ccccc1)c1ccccc1. The number of hydrogen-bond donors (Lipinski definition) is 1. The van der Waals surface area contributed by atoms with Gasteiger partial charge in [0.05, 0.1) is 12.5 Å². The molecule has 0 aliphatic rings. The minimum atomic E-state index is -3.75. The zero-order valence-corrected chi connectivity index (χ0v) is 12.6. The summed E-state index contributed by atoms with van der Waals surface area (Å²) in [6.45, 7) is 1.61. The Morgan fingerprint density at radius 2 is 1.52 bits per heavy atom. The van der Waals surface area contributed by atoms with Crippen LogP contribution in [0.25, 0.3) is 0 Å². The maximum absolute atomic E-state index is 14.0. The van der Waals surface area contributed by atoms with Crippen LogP contribution in [0, 0.1) is 0 Å². The number of carbonyl (C=O) groups excluding carboxylic acids is 2. The smallest absolute Gasteiger partial charge is 0.331 e. The molecule has 2 rings (SSSR count). The number of ketones is 1. The van der Waals surface area contributed by atoms with Crippen molar-refractivity contribution in [3.63, 3.8) is 0 Å². The summed E-state index contributed by atoms with van der Waals surface area (Å²) in [4.78, 5) is 23.7. The Morgan fingerprint density at radius 1 is 1.00 bits per heavy atom. The fourth-order valence-corrected chi connectivity index (χ4v) is 2.14. The van der Waals surface area contributed by atoms with Crippen LogP contribution in [0.15, 0.2) is 60.7 Å². The summed E-state index contributed by atoms with van der Waals surface area (Å²) in [5.41, 5.74) is 0.877. The molecule has 1 atom stereocenters. The first-order chi connectivity index (χ1) is 10.9. The van der Waals surface area contributed by atoms with Crippen LogP contribution in [0.1, 0.15) is 35.3 Å². The van der Waals surface area contributed by atoms with E-state index in [1.807, 2.05) is 0 Å². The molecule has 0 radical (unpaired) electrons. The lowest BCUT2D eigenvalue weighted by Gasteiger charge is -2.19. The molecule has 2 aromatic carbocycles. The maximum atomic E-state index is 14.0. The highest BCUT2D eigenvalue weighted by Gasteiger charge is 2.41. The van der Waals surface area contributed by atoms with Crippen LogP contribution in [0.5, 0.6) is 0 Å². The monoisotopic (exact) mass is 317 g/mol. The molecule has 0 saturated carbocycles. The Bertz CT molecular complexity index is 672. The summed E-state index contributed by atoms with van der Waals surface area (Å²) in [5, 5.41) is 2.25. The molecule has 5 heteroatoms. The topological polar surface area (TPSA) is 46.2 Å². The molecule has 0 fully saturated rings. The lowest BCUT2D eigenvalue weighted by atomic mass is 10.0. The highest BCUT2D eigenvalue weighted by Crippen LogP contribution is 2.23. The number of nitrogens with one attached hydrogen (secondary N) is 1. The predicted octanol–water partition coefficient (Wildman–Crippen LogP) is 3.77. The highest BCUT2D eigenvalue weighted by molar-refractivity contribution is 6.00. The van der Waals surface area contributed by atoms with Crippen LogP contribution in [0.2, 0.25) is 0 Å². The molecule has 1 amide bonds. The van der Waals surface area contributed by atoms with Crippen molar-refractivity contribution in [1.82, 2.24) is 5.32 Å². The van der Waals surface area contributed by atoms with E-state index in [9.17, 15) is 18.4 Å². The van der Waals surface area contributed by atoms with Crippen molar-refractivity contribution < 1.29 is 18.4 Å². The summed E-state index contributed by atoms with van der Waals surface area (Å²) in [6.07, 6.45) is -1.15. The molecule has 0 heterocycles. The zero-order chi connectivity index (χ0) is 16.9. The van der Waals surface area contributed by atoms with Gasteiger partial charge in [-0.15, -0.1) is 0 Å². The van der Waals surface area contributed by atoms with Gasteiger partial charge in [0.25, 0.3) is 5.91 Å². The molecule has 120 valence electrons. The Morgan fingerprint density at radius 3 is 2.09 bits per heavy atom. The van der Waals surface area contributed by atoms with Gasteiger partial charge in [0, 0.05) is 5.56 Å². The van der Waals surface area contributed by atoms with Gasteiger partial charge < -0.3 is 5.32 Å². The predicted molar refractivity (Wildman–Crippen MR) is 83.3 cm³/mol. The Hall–Kier alpha value is -2.56. The van der Waals surface area contributed by atoms with Crippen molar-refractivity contribution in [3.8, 4) is 0 Å². The molecule has 0 aromatic heterocycles. The highest BCUT2D eigenvalue weighted by atomic mass is 19.3. The molecule has 0 spiro atoms. The molecular formula is C18H17F2NO2. The lowest BCUT2D eigenvalue weighted by molar-refractivity contribution is -0.145. The van der Waals surface area contributed by atoms with Crippen molar-refractivity contribution in [3.05, 3.63) is 71.8 Å². The molecule has 0 saturated heterocycles. The largest absolute Gasteiger partial charge is 0.344 e. The zero-order valence-electron chi connectivity index (χ0n) is 12.6. The van der Waals surface area contributed by atoms with Crippen LogP contribution in [0.3, 0.4) is 0 Å². The number of benzene rings is 2. The van der Waals surface area contributed by atoms with Crippen molar-refractivity contribution in [1.29, 1.82) is 0 Å². The van der Waals surface area contributed by atoms with Gasteiger partial charge in [0.1, 0.15) is 0 Å². The number of rotatable bonds is 6. The summed E-state index contributed by atoms with van der Waals surface area (Å²) in [7, 11) is 0. The van der Waals surface area contributed by atoms with Gasteiger partial charge in [-0.2, -0.15) is 8.78 Å². The van der Waals surface area contributed by atoms with Crippen molar-refractivity contribution >= 4 is 11.7 Å². The number of Topliss-reactive ketones (excluding diaryl/α,β-unsaturated/α-hetero) is 1.